The summed E-state index contributed by atoms with van der Waals surface area (Å²) in [6.07, 6.45) is 0.0760. The molecule has 3 rings (SSSR count). The van der Waals surface area contributed by atoms with Crippen molar-refractivity contribution in [1.29, 1.82) is 0 Å². The smallest absolute Gasteiger partial charge is 0.242 e. The van der Waals surface area contributed by atoms with E-state index in [2.05, 4.69) is 10.3 Å². The van der Waals surface area contributed by atoms with E-state index in [0.29, 0.717) is 15.9 Å². The Labute approximate surface area is 167 Å². The van der Waals surface area contributed by atoms with Crippen molar-refractivity contribution >= 4 is 51.7 Å². The number of carbonyl (C=O) groups excluding carboxylic acids is 2. The van der Waals surface area contributed by atoms with Gasteiger partial charge >= 0.3 is 0 Å². The number of nitrogens with one attached hydrogen (secondary N) is 1. The van der Waals surface area contributed by atoms with E-state index in [9.17, 15) is 9.59 Å². The van der Waals surface area contributed by atoms with Gasteiger partial charge in [0, 0.05) is 24.2 Å². The maximum atomic E-state index is 12.5. The standard InChI is InChI=1S/C20H20ClN3O2S/c1-12-6-4-5-7-15(12)23-20-24(3)19(26)17(27-20)11-18(25)22-16-10-14(21)9-8-13(16)2/h4-10,17H,11H2,1-3H3,(H,22,25)/t17-/m1/s1. The quantitative estimate of drug-likeness (QED) is 0.817. The highest BCUT2D eigenvalue weighted by Crippen LogP contribution is 2.31. The minimum Gasteiger partial charge on any atom is -0.326 e. The number of aryl methyl sites for hydroxylation is 2. The lowest BCUT2D eigenvalue weighted by atomic mass is 10.2. The Bertz CT molecular complexity index is 929. The van der Waals surface area contributed by atoms with Crippen molar-refractivity contribution < 1.29 is 9.59 Å². The van der Waals surface area contributed by atoms with Gasteiger partial charge in [-0.05, 0) is 43.2 Å². The average molecular weight is 402 g/mol. The molecule has 1 saturated heterocycles. The molecule has 1 atom stereocenters. The van der Waals surface area contributed by atoms with Gasteiger partial charge in [-0.3, -0.25) is 14.5 Å². The summed E-state index contributed by atoms with van der Waals surface area (Å²) < 4.78 is 0. The van der Waals surface area contributed by atoms with Crippen molar-refractivity contribution in [3.05, 3.63) is 58.6 Å². The number of carbonyl (C=O) groups is 2. The van der Waals surface area contributed by atoms with Gasteiger partial charge in [0.2, 0.25) is 11.8 Å². The number of amidine groups is 1. The summed E-state index contributed by atoms with van der Waals surface area (Å²) in [6, 6.07) is 13.0. The third-order valence-corrected chi connectivity index (χ3v) is 5.78. The number of nitrogens with zero attached hydrogens (tertiary/aromatic N) is 2. The first-order chi connectivity index (χ1) is 12.8. The average Bonchev–Trinajstić information content (AvgIpc) is 2.88. The van der Waals surface area contributed by atoms with Gasteiger partial charge in [0.05, 0.1) is 5.69 Å². The summed E-state index contributed by atoms with van der Waals surface area (Å²) in [5.41, 5.74) is 3.42. The van der Waals surface area contributed by atoms with Crippen molar-refractivity contribution in [2.45, 2.75) is 25.5 Å². The normalized spacial score (nSPS) is 18.2. The van der Waals surface area contributed by atoms with Crippen molar-refractivity contribution in [3.8, 4) is 0 Å². The molecule has 0 saturated carbocycles. The van der Waals surface area contributed by atoms with E-state index in [1.165, 1.54) is 16.7 Å². The van der Waals surface area contributed by atoms with Gasteiger partial charge in [0.15, 0.2) is 5.17 Å². The highest BCUT2D eigenvalue weighted by Gasteiger charge is 2.37. The minimum atomic E-state index is -0.489. The Kier molecular flexibility index (Phi) is 5.87. The summed E-state index contributed by atoms with van der Waals surface area (Å²) in [6.45, 7) is 3.86. The second-order valence-corrected chi connectivity index (χ2v) is 8.00. The lowest BCUT2D eigenvalue weighted by Crippen LogP contribution is -2.30. The predicted octanol–water partition coefficient (Wildman–Crippen LogP) is 4.55. The van der Waals surface area contributed by atoms with Crippen molar-refractivity contribution in [2.75, 3.05) is 12.4 Å². The van der Waals surface area contributed by atoms with Crippen LogP contribution in [0.3, 0.4) is 0 Å². The summed E-state index contributed by atoms with van der Waals surface area (Å²) in [4.78, 5) is 31.1. The van der Waals surface area contributed by atoms with Crippen molar-refractivity contribution in [1.82, 2.24) is 4.90 Å². The summed E-state index contributed by atoms with van der Waals surface area (Å²) >= 11 is 7.31. The molecule has 7 heteroatoms. The molecule has 1 aliphatic rings. The van der Waals surface area contributed by atoms with Crippen molar-refractivity contribution in [2.24, 2.45) is 4.99 Å². The maximum Gasteiger partial charge on any atom is 0.242 e. The Morgan fingerprint density at radius 1 is 1.22 bits per heavy atom. The van der Waals surface area contributed by atoms with Crippen LogP contribution in [-0.2, 0) is 9.59 Å². The molecule has 0 bridgehead atoms. The van der Waals surface area contributed by atoms with Gasteiger partial charge in [-0.1, -0.05) is 47.6 Å². The molecule has 0 unspecified atom stereocenters. The molecule has 0 radical (unpaired) electrons. The summed E-state index contributed by atoms with van der Waals surface area (Å²) in [7, 11) is 1.69. The van der Waals surface area contributed by atoms with E-state index < -0.39 is 5.25 Å². The monoisotopic (exact) mass is 401 g/mol. The first-order valence-corrected chi connectivity index (χ1v) is 9.75. The molecule has 2 amide bonds. The highest BCUT2D eigenvalue weighted by molar-refractivity contribution is 8.15. The summed E-state index contributed by atoms with van der Waals surface area (Å²) in [5.74, 6) is -0.345. The van der Waals surface area contributed by atoms with Gasteiger partial charge < -0.3 is 5.32 Å². The molecule has 27 heavy (non-hydrogen) atoms. The Morgan fingerprint density at radius 3 is 2.70 bits per heavy atom. The molecule has 1 N–H and O–H groups in total. The molecule has 0 aliphatic carbocycles. The topological polar surface area (TPSA) is 61.8 Å². The molecule has 1 aliphatic heterocycles. The van der Waals surface area contributed by atoms with E-state index >= 15 is 0 Å². The van der Waals surface area contributed by atoms with Crippen LogP contribution in [0.15, 0.2) is 47.5 Å². The van der Waals surface area contributed by atoms with Crippen LogP contribution in [0.5, 0.6) is 0 Å². The zero-order valence-corrected chi connectivity index (χ0v) is 16.9. The number of hydrogen-bond acceptors (Lipinski definition) is 4. The molecule has 2 aromatic carbocycles. The summed E-state index contributed by atoms with van der Waals surface area (Å²) in [5, 5.41) is 3.50. The number of anilines is 1. The minimum absolute atomic E-state index is 0.0760. The van der Waals surface area contributed by atoms with Crippen LogP contribution in [0.2, 0.25) is 5.02 Å². The third-order valence-electron chi connectivity index (χ3n) is 4.32. The van der Waals surface area contributed by atoms with Crippen LogP contribution < -0.4 is 5.32 Å². The lowest BCUT2D eigenvalue weighted by molar-refractivity contribution is -0.127. The largest absolute Gasteiger partial charge is 0.326 e. The van der Waals surface area contributed by atoms with E-state index in [1.54, 1.807) is 19.2 Å². The van der Waals surface area contributed by atoms with Crippen LogP contribution in [0.25, 0.3) is 0 Å². The third kappa shape index (κ3) is 4.51. The van der Waals surface area contributed by atoms with Crippen molar-refractivity contribution in [3.63, 3.8) is 0 Å². The van der Waals surface area contributed by atoms with E-state index in [4.69, 9.17) is 11.6 Å². The van der Waals surface area contributed by atoms with Gasteiger partial charge in [-0.15, -0.1) is 0 Å². The first kappa shape index (κ1) is 19.5. The number of hydrogen-bond donors (Lipinski definition) is 1. The SMILES string of the molecule is Cc1ccccc1N=C1S[C@H](CC(=O)Nc2cc(Cl)ccc2C)C(=O)N1C. The zero-order valence-electron chi connectivity index (χ0n) is 15.3. The maximum absolute atomic E-state index is 12.5. The second-order valence-electron chi connectivity index (χ2n) is 6.40. The van der Waals surface area contributed by atoms with Crippen LogP contribution in [0.1, 0.15) is 17.5 Å². The molecular weight excluding hydrogens is 382 g/mol. The Balaban J connectivity index is 1.71. The number of rotatable bonds is 4. The van der Waals surface area contributed by atoms with Gasteiger partial charge in [0.25, 0.3) is 0 Å². The Hall–Kier alpha value is -2.31. The molecule has 1 fully saturated rings. The molecular formula is C20H20ClN3O2S. The van der Waals surface area contributed by atoms with Gasteiger partial charge in [0.1, 0.15) is 5.25 Å². The molecule has 0 aromatic heterocycles. The van der Waals surface area contributed by atoms with Crippen LogP contribution in [-0.4, -0.2) is 34.2 Å². The number of aliphatic imine (C=N–C) groups is 1. The van der Waals surface area contributed by atoms with Crippen LogP contribution >= 0.6 is 23.4 Å². The first-order valence-electron chi connectivity index (χ1n) is 8.49. The van der Waals surface area contributed by atoms with E-state index in [-0.39, 0.29) is 18.2 Å². The number of amides is 2. The van der Waals surface area contributed by atoms with Crippen LogP contribution in [0, 0.1) is 13.8 Å². The number of thioether (sulfide) groups is 1. The van der Waals surface area contributed by atoms with Gasteiger partial charge in [-0.2, -0.15) is 0 Å². The predicted molar refractivity (Wildman–Crippen MR) is 112 cm³/mol. The molecule has 140 valence electrons. The van der Waals surface area contributed by atoms with Gasteiger partial charge in [-0.25, -0.2) is 4.99 Å². The zero-order chi connectivity index (χ0) is 19.6. The molecule has 5 nitrogen and oxygen atoms in total. The lowest BCUT2D eigenvalue weighted by Gasteiger charge is -2.11. The number of halogens is 1. The van der Waals surface area contributed by atoms with Crippen LogP contribution in [0.4, 0.5) is 11.4 Å². The number of para-hydroxylation sites is 1. The van der Waals surface area contributed by atoms with E-state index in [0.717, 1.165) is 16.8 Å². The number of benzene rings is 2. The second kappa shape index (κ2) is 8.15. The highest BCUT2D eigenvalue weighted by atomic mass is 35.5. The van der Waals surface area contributed by atoms with E-state index in [1.807, 2.05) is 44.2 Å². The Morgan fingerprint density at radius 2 is 1.96 bits per heavy atom. The fraction of sp³-hybridized carbons (Fsp3) is 0.250. The molecule has 0 spiro atoms. The fourth-order valence-corrected chi connectivity index (χ4v) is 4.01. The fourth-order valence-electron chi connectivity index (χ4n) is 2.69. The molecule has 1 heterocycles. The molecule has 2 aromatic rings.